The Morgan fingerprint density at radius 1 is 1.50 bits per heavy atom. The molecule has 1 aromatic rings. The predicted molar refractivity (Wildman–Crippen MR) is 75.4 cm³/mol. The molecule has 1 rings (SSSR count). The van der Waals surface area contributed by atoms with Crippen molar-refractivity contribution in [3.05, 3.63) is 35.3 Å². The maximum atomic E-state index is 9.69. The molecule has 0 spiro atoms. The molecule has 1 atom stereocenters. The number of hydrogen-bond donors (Lipinski definition) is 2. The molecule has 0 bridgehead atoms. The number of halogens is 1. The second-order valence-corrected chi connectivity index (χ2v) is 4.91. The van der Waals surface area contributed by atoms with Gasteiger partial charge in [0.15, 0.2) is 0 Å². The molecule has 0 aliphatic heterocycles. The molecule has 0 radical (unpaired) electrons. The lowest BCUT2D eigenvalue weighted by Gasteiger charge is -2.13. The number of methoxy groups -OCH3 is 1. The number of nitrogens with one attached hydrogen (secondary N) is 1. The quantitative estimate of drug-likeness (QED) is 0.769. The summed E-state index contributed by atoms with van der Waals surface area (Å²) in [7, 11) is 1.60. The lowest BCUT2D eigenvalue weighted by atomic mass is 10.3. The maximum Gasteiger partial charge on any atom is 0.123 e. The molecule has 0 heterocycles. The summed E-state index contributed by atoms with van der Waals surface area (Å²) >= 11 is 3.23. The van der Waals surface area contributed by atoms with E-state index >= 15 is 0 Å². The fourth-order valence-corrected chi connectivity index (χ4v) is 1.51. The predicted octanol–water partition coefficient (Wildman–Crippen LogP) is 1.93. The molecule has 2 N–H and O–H groups in total. The first-order chi connectivity index (χ1) is 8.61. The Morgan fingerprint density at radius 3 is 2.89 bits per heavy atom. The zero-order valence-electron chi connectivity index (χ0n) is 10.4. The van der Waals surface area contributed by atoms with Crippen molar-refractivity contribution in [2.75, 3.05) is 26.8 Å². The van der Waals surface area contributed by atoms with Crippen molar-refractivity contribution in [3.8, 4) is 11.5 Å². The van der Waals surface area contributed by atoms with Gasteiger partial charge in [-0.25, -0.2) is 0 Å². The van der Waals surface area contributed by atoms with Crippen molar-refractivity contribution in [2.24, 2.45) is 0 Å². The summed E-state index contributed by atoms with van der Waals surface area (Å²) in [6.45, 7) is 5.00. The Morgan fingerprint density at radius 2 is 2.22 bits per heavy atom. The van der Waals surface area contributed by atoms with E-state index in [0.29, 0.717) is 18.8 Å². The van der Waals surface area contributed by atoms with E-state index < -0.39 is 6.10 Å². The summed E-state index contributed by atoms with van der Waals surface area (Å²) in [6, 6.07) is 7.28. The van der Waals surface area contributed by atoms with E-state index in [1.165, 1.54) is 0 Å². The Balaban J connectivity index is 2.28. The molecule has 0 amide bonds. The van der Waals surface area contributed by atoms with E-state index in [1.54, 1.807) is 13.2 Å². The molecule has 0 aromatic heterocycles. The van der Waals surface area contributed by atoms with Crippen LogP contribution in [0.4, 0.5) is 0 Å². The number of benzene rings is 1. The van der Waals surface area contributed by atoms with Crippen molar-refractivity contribution in [2.45, 2.75) is 6.10 Å². The minimum atomic E-state index is -0.567. The molecule has 1 aromatic carbocycles. The largest absolute Gasteiger partial charge is 0.497 e. The summed E-state index contributed by atoms with van der Waals surface area (Å²) in [6.07, 6.45) is -0.567. The van der Waals surface area contributed by atoms with E-state index in [9.17, 15) is 5.11 Å². The summed E-state index contributed by atoms with van der Waals surface area (Å²) in [5.74, 6) is 1.41. The number of aliphatic hydroxyl groups excluding tert-OH is 1. The van der Waals surface area contributed by atoms with Crippen LogP contribution in [0.3, 0.4) is 0 Å². The van der Waals surface area contributed by atoms with Gasteiger partial charge in [-0.3, -0.25) is 0 Å². The average molecular weight is 316 g/mol. The zero-order valence-corrected chi connectivity index (χ0v) is 11.9. The molecular weight excluding hydrogens is 298 g/mol. The number of ether oxygens (including phenoxy) is 2. The average Bonchev–Trinajstić information content (AvgIpc) is 2.36. The van der Waals surface area contributed by atoms with Crippen LogP contribution in [0.5, 0.6) is 11.5 Å². The molecule has 0 aliphatic rings. The molecule has 0 saturated carbocycles. The Bertz CT molecular complexity index is 384. The molecule has 100 valence electrons. The lowest BCUT2D eigenvalue weighted by molar-refractivity contribution is 0.107. The van der Waals surface area contributed by atoms with Crippen molar-refractivity contribution in [1.29, 1.82) is 0 Å². The van der Waals surface area contributed by atoms with Gasteiger partial charge in [0, 0.05) is 23.6 Å². The molecular formula is C13H18BrNO3. The van der Waals surface area contributed by atoms with Crippen LogP contribution in [0.2, 0.25) is 0 Å². The third-order valence-corrected chi connectivity index (χ3v) is 2.46. The van der Waals surface area contributed by atoms with Gasteiger partial charge in [-0.1, -0.05) is 28.6 Å². The van der Waals surface area contributed by atoms with Crippen LogP contribution >= 0.6 is 15.9 Å². The minimum absolute atomic E-state index is 0.231. The van der Waals surface area contributed by atoms with Crippen molar-refractivity contribution >= 4 is 15.9 Å². The topological polar surface area (TPSA) is 50.7 Å². The molecule has 0 aliphatic carbocycles. The number of hydrogen-bond acceptors (Lipinski definition) is 4. The third kappa shape index (κ3) is 6.05. The van der Waals surface area contributed by atoms with Crippen molar-refractivity contribution in [1.82, 2.24) is 5.32 Å². The van der Waals surface area contributed by atoms with Crippen molar-refractivity contribution in [3.63, 3.8) is 0 Å². The third-order valence-electron chi connectivity index (χ3n) is 2.18. The first kappa shape index (κ1) is 15.0. The van der Waals surface area contributed by atoms with Gasteiger partial charge in [0.2, 0.25) is 0 Å². The van der Waals surface area contributed by atoms with Crippen LogP contribution in [-0.4, -0.2) is 38.0 Å². The normalized spacial score (nSPS) is 11.9. The smallest absolute Gasteiger partial charge is 0.123 e. The molecule has 4 nitrogen and oxygen atoms in total. The number of rotatable bonds is 8. The van der Waals surface area contributed by atoms with Gasteiger partial charge in [-0.2, -0.15) is 0 Å². The molecule has 18 heavy (non-hydrogen) atoms. The van der Waals surface area contributed by atoms with E-state index in [2.05, 4.69) is 27.8 Å². The highest BCUT2D eigenvalue weighted by Gasteiger charge is 2.05. The van der Waals surface area contributed by atoms with Gasteiger partial charge < -0.3 is 19.9 Å². The molecule has 1 unspecified atom stereocenters. The van der Waals surface area contributed by atoms with E-state index in [1.807, 2.05) is 18.2 Å². The van der Waals surface area contributed by atoms with Crippen LogP contribution in [0.15, 0.2) is 35.3 Å². The molecule has 5 heteroatoms. The van der Waals surface area contributed by atoms with Crippen LogP contribution in [0.25, 0.3) is 0 Å². The minimum Gasteiger partial charge on any atom is -0.497 e. The second kappa shape index (κ2) is 8.13. The zero-order chi connectivity index (χ0) is 13.4. The summed E-state index contributed by atoms with van der Waals surface area (Å²) < 4.78 is 11.4. The Labute approximate surface area is 116 Å². The Hall–Kier alpha value is -1.04. The van der Waals surface area contributed by atoms with Crippen LogP contribution < -0.4 is 14.8 Å². The molecule has 0 saturated heterocycles. The van der Waals surface area contributed by atoms with Crippen LogP contribution in [0, 0.1) is 0 Å². The Kier molecular flexibility index (Phi) is 6.78. The first-order valence-electron chi connectivity index (χ1n) is 5.60. The fourth-order valence-electron chi connectivity index (χ4n) is 1.32. The van der Waals surface area contributed by atoms with Gasteiger partial charge in [-0.15, -0.1) is 0 Å². The van der Waals surface area contributed by atoms with Gasteiger partial charge in [0.1, 0.15) is 24.2 Å². The first-order valence-corrected chi connectivity index (χ1v) is 6.40. The highest BCUT2D eigenvalue weighted by Crippen LogP contribution is 2.18. The maximum absolute atomic E-state index is 9.69. The summed E-state index contributed by atoms with van der Waals surface area (Å²) in [5.41, 5.74) is 0. The highest BCUT2D eigenvalue weighted by molar-refractivity contribution is 9.11. The van der Waals surface area contributed by atoms with E-state index in [-0.39, 0.29) is 6.61 Å². The van der Waals surface area contributed by atoms with Gasteiger partial charge >= 0.3 is 0 Å². The van der Waals surface area contributed by atoms with Gasteiger partial charge in [0.05, 0.1) is 7.11 Å². The van der Waals surface area contributed by atoms with Crippen LogP contribution in [-0.2, 0) is 0 Å². The standard InChI is InChI=1S/C13H18BrNO3/c1-10(14)7-15-8-11(16)9-18-13-5-3-4-12(6-13)17-2/h3-6,11,15-16H,1,7-9H2,2H3. The van der Waals surface area contributed by atoms with Crippen molar-refractivity contribution < 1.29 is 14.6 Å². The van der Waals surface area contributed by atoms with Crippen LogP contribution in [0.1, 0.15) is 0 Å². The van der Waals surface area contributed by atoms with E-state index in [0.717, 1.165) is 10.2 Å². The molecule has 0 fully saturated rings. The lowest BCUT2D eigenvalue weighted by Crippen LogP contribution is -2.32. The summed E-state index contributed by atoms with van der Waals surface area (Å²) in [4.78, 5) is 0. The highest BCUT2D eigenvalue weighted by atomic mass is 79.9. The second-order valence-electron chi connectivity index (χ2n) is 3.79. The SMILES string of the molecule is C=C(Br)CNCC(O)COc1cccc(OC)c1. The summed E-state index contributed by atoms with van der Waals surface area (Å²) in [5, 5.41) is 12.7. The van der Waals surface area contributed by atoms with Gasteiger partial charge in [-0.05, 0) is 12.1 Å². The number of aliphatic hydroxyl groups is 1. The van der Waals surface area contributed by atoms with Gasteiger partial charge in [0.25, 0.3) is 0 Å². The van der Waals surface area contributed by atoms with E-state index in [4.69, 9.17) is 9.47 Å². The fraction of sp³-hybridized carbons (Fsp3) is 0.385. The monoisotopic (exact) mass is 315 g/mol.